The van der Waals surface area contributed by atoms with Crippen molar-refractivity contribution in [2.75, 3.05) is 7.05 Å². The molecule has 0 saturated carbocycles. The van der Waals surface area contributed by atoms with Crippen LogP contribution in [-0.2, 0) is 6.42 Å². The van der Waals surface area contributed by atoms with Crippen molar-refractivity contribution < 1.29 is 0 Å². The van der Waals surface area contributed by atoms with Crippen LogP contribution in [0.5, 0.6) is 0 Å². The molecule has 0 aliphatic carbocycles. The zero-order chi connectivity index (χ0) is 13.1. The fraction of sp³-hybridized carbons (Fsp3) is 0.333. The van der Waals surface area contributed by atoms with Gasteiger partial charge in [0.05, 0.1) is 0 Å². The predicted octanol–water partition coefficient (Wildman–Crippen LogP) is 4.63. The molecule has 0 fully saturated rings. The van der Waals surface area contributed by atoms with Crippen molar-refractivity contribution in [2.45, 2.75) is 26.3 Å². The van der Waals surface area contributed by atoms with E-state index in [1.54, 1.807) is 11.3 Å². The molecule has 18 heavy (non-hydrogen) atoms. The third-order valence-electron chi connectivity index (χ3n) is 3.09. The molecule has 0 aliphatic rings. The van der Waals surface area contributed by atoms with E-state index in [2.05, 4.69) is 64.1 Å². The Bertz CT molecular complexity index is 513. The molecule has 3 heteroatoms. The summed E-state index contributed by atoms with van der Waals surface area (Å²) in [5.41, 5.74) is 5.42. The molecule has 0 bridgehead atoms. The van der Waals surface area contributed by atoms with Crippen molar-refractivity contribution in [3.05, 3.63) is 55.7 Å². The van der Waals surface area contributed by atoms with E-state index < -0.39 is 0 Å². The number of likely N-dealkylation sites (N-methyl/N-ethyl adjacent to an activating group) is 1. The van der Waals surface area contributed by atoms with Gasteiger partial charge in [-0.1, -0.05) is 29.3 Å². The fourth-order valence-corrected chi connectivity index (χ4v) is 3.96. The Kier molecular flexibility index (Phi) is 4.60. The smallest absolute Gasteiger partial charge is 0.0377 e. The van der Waals surface area contributed by atoms with Crippen LogP contribution in [0.15, 0.2) is 33.4 Å². The quantitative estimate of drug-likeness (QED) is 0.864. The average Bonchev–Trinajstić information content (AvgIpc) is 2.71. The van der Waals surface area contributed by atoms with Gasteiger partial charge in [0, 0.05) is 15.9 Å². The van der Waals surface area contributed by atoms with E-state index >= 15 is 0 Å². The van der Waals surface area contributed by atoms with Crippen LogP contribution >= 0.6 is 27.3 Å². The van der Waals surface area contributed by atoms with Crippen LogP contribution in [0.25, 0.3) is 0 Å². The summed E-state index contributed by atoms with van der Waals surface area (Å²) in [7, 11) is 2.03. The number of aryl methyl sites for hydroxylation is 2. The van der Waals surface area contributed by atoms with Gasteiger partial charge in [-0.2, -0.15) is 11.3 Å². The Morgan fingerprint density at radius 3 is 2.33 bits per heavy atom. The lowest BCUT2D eigenvalue weighted by Gasteiger charge is -2.16. The molecule has 1 nitrogen and oxygen atoms in total. The maximum Gasteiger partial charge on any atom is 0.0377 e. The second-order valence-corrected chi connectivity index (χ2v) is 6.31. The zero-order valence-corrected chi connectivity index (χ0v) is 13.4. The Labute approximate surface area is 121 Å². The molecule has 1 aromatic carbocycles. The van der Waals surface area contributed by atoms with E-state index in [1.165, 1.54) is 26.7 Å². The molecule has 1 atom stereocenters. The monoisotopic (exact) mass is 323 g/mol. The molecule has 2 rings (SSSR count). The summed E-state index contributed by atoms with van der Waals surface area (Å²) in [4.78, 5) is 0. The summed E-state index contributed by atoms with van der Waals surface area (Å²) >= 11 is 5.36. The summed E-state index contributed by atoms with van der Waals surface area (Å²) in [5.74, 6) is 0. The topological polar surface area (TPSA) is 12.0 Å². The molecule has 1 unspecified atom stereocenters. The van der Waals surface area contributed by atoms with Gasteiger partial charge in [-0.25, -0.2) is 0 Å². The first-order valence-electron chi connectivity index (χ1n) is 6.06. The summed E-state index contributed by atoms with van der Waals surface area (Å²) in [6.07, 6.45) is 1.02. The van der Waals surface area contributed by atoms with Crippen LogP contribution in [0, 0.1) is 13.8 Å². The first kappa shape index (κ1) is 13.8. The van der Waals surface area contributed by atoms with E-state index in [4.69, 9.17) is 0 Å². The highest BCUT2D eigenvalue weighted by molar-refractivity contribution is 9.10. The SMILES string of the molecule is CNC(Cc1cc(C)cc(C)c1)c1cscc1Br. The second kappa shape index (κ2) is 6.00. The van der Waals surface area contributed by atoms with Crippen LogP contribution in [-0.4, -0.2) is 7.05 Å². The molecule has 0 radical (unpaired) electrons. The highest BCUT2D eigenvalue weighted by Gasteiger charge is 2.14. The van der Waals surface area contributed by atoms with E-state index in [-0.39, 0.29) is 0 Å². The number of benzene rings is 1. The number of nitrogens with one attached hydrogen (secondary N) is 1. The van der Waals surface area contributed by atoms with Gasteiger partial charge in [0.2, 0.25) is 0 Å². The third kappa shape index (κ3) is 3.22. The number of thiophene rings is 1. The molecular formula is C15H18BrNS. The minimum atomic E-state index is 0.367. The highest BCUT2D eigenvalue weighted by atomic mass is 79.9. The average molecular weight is 324 g/mol. The Morgan fingerprint density at radius 1 is 1.17 bits per heavy atom. The van der Waals surface area contributed by atoms with Gasteiger partial charge in [-0.3, -0.25) is 0 Å². The van der Waals surface area contributed by atoms with E-state index in [0.29, 0.717) is 6.04 Å². The van der Waals surface area contributed by atoms with Crippen LogP contribution < -0.4 is 5.32 Å². The third-order valence-corrected chi connectivity index (χ3v) is 4.84. The van der Waals surface area contributed by atoms with E-state index in [9.17, 15) is 0 Å². The number of rotatable bonds is 4. The highest BCUT2D eigenvalue weighted by Crippen LogP contribution is 2.29. The predicted molar refractivity (Wildman–Crippen MR) is 83.4 cm³/mol. The van der Waals surface area contributed by atoms with Gasteiger partial charge in [0.25, 0.3) is 0 Å². The Hall–Kier alpha value is -0.640. The number of hydrogen-bond acceptors (Lipinski definition) is 2. The van der Waals surface area contributed by atoms with Crippen molar-refractivity contribution in [1.82, 2.24) is 5.32 Å². The minimum Gasteiger partial charge on any atom is -0.313 e. The molecule has 0 saturated heterocycles. The molecule has 0 spiro atoms. The minimum absolute atomic E-state index is 0.367. The molecule has 1 N–H and O–H groups in total. The number of hydrogen-bond donors (Lipinski definition) is 1. The summed E-state index contributed by atoms with van der Waals surface area (Å²) in [6.45, 7) is 4.32. The van der Waals surface area contributed by atoms with Gasteiger partial charge in [0.15, 0.2) is 0 Å². The first-order valence-corrected chi connectivity index (χ1v) is 7.79. The van der Waals surface area contributed by atoms with Crippen molar-refractivity contribution >= 4 is 27.3 Å². The van der Waals surface area contributed by atoms with Crippen molar-refractivity contribution in [2.24, 2.45) is 0 Å². The second-order valence-electron chi connectivity index (χ2n) is 4.72. The van der Waals surface area contributed by atoms with Crippen LogP contribution in [0.2, 0.25) is 0 Å². The standard InChI is InChI=1S/C15H18BrNS/c1-10-4-11(2)6-12(5-10)7-15(17-3)13-8-18-9-14(13)16/h4-6,8-9,15,17H,7H2,1-3H3. The Morgan fingerprint density at radius 2 is 1.83 bits per heavy atom. The largest absolute Gasteiger partial charge is 0.313 e. The van der Waals surface area contributed by atoms with E-state index in [0.717, 1.165) is 6.42 Å². The lowest BCUT2D eigenvalue weighted by molar-refractivity contribution is 0.591. The number of halogens is 1. The van der Waals surface area contributed by atoms with Crippen LogP contribution in [0.1, 0.15) is 28.3 Å². The molecule has 2 aromatic rings. The fourth-order valence-electron chi connectivity index (χ4n) is 2.33. The maximum absolute atomic E-state index is 3.62. The lowest BCUT2D eigenvalue weighted by atomic mass is 9.98. The summed E-state index contributed by atoms with van der Waals surface area (Å²) in [6, 6.07) is 7.14. The van der Waals surface area contributed by atoms with Crippen molar-refractivity contribution in [1.29, 1.82) is 0 Å². The molecule has 0 amide bonds. The molecular weight excluding hydrogens is 306 g/mol. The molecule has 0 aliphatic heterocycles. The van der Waals surface area contributed by atoms with Crippen LogP contribution in [0.3, 0.4) is 0 Å². The maximum atomic E-state index is 3.62. The van der Waals surface area contributed by atoms with Gasteiger partial charge in [0.1, 0.15) is 0 Å². The Balaban J connectivity index is 2.23. The van der Waals surface area contributed by atoms with E-state index in [1.807, 2.05) is 7.05 Å². The lowest BCUT2D eigenvalue weighted by Crippen LogP contribution is -2.18. The van der Waals surface area contributed by atoms with Crippen LogP contribution in [0.4, 0.5) is 0 Å². The van der Waals surface area contributed by atoms with Gasteiger partial charge in [-0.05, 0) is 59.8 Å². The summed E-state index contributed by atoms with van der Waals surface area (Å²) < 4.78 is 1.20. The molecule has 96 valence electrons. The summed E-state index contributed by atoms with van der Waals surface area (Å²) in [5, 5.41) is 7.77. The molecule has 1 aromatic heterocycles. The van der Waals surface area contributed by atoms with Crippen molar-refractivity contribution in [3.8, 4) is 0 Å². The zero-order valence-electron chi connectivity index (χ0n) is 11.0. The van der Waals surface area contributed by atoms with Crippen molar-refractivity contribution in [3.63, 3.8) is 0 Å². The van der Waals surface area contributed by atoms with Gasteiger partial charge in [-0.15, -0.1) is 0 Å². The van der Waals surface area contributed by atoms with Gasteiger partial charge < -0.3 is 5.32 Å². The van der Waals surface area contributed by atoms with Gasteiger partial charge >= 0.3 is 0 Å². The first-order chi connectivity index (χ1) is 8.60. The molecule has 1 heterocycles. The normalized spacial score (nSPS) is 12.7.